The standard InChI is InChI=1S/C13H11Cl2NO2S2/c14-11-2-1-10(7-12(11)15)20(17,18)16-5-3-13-9(8-16)4-6-19-13/h1-2,4,6-7H,3,5,8H2. The topological polar surface area (TPSA) is 37.4 Å². The number of hydrogen-bond acceptors (Lipinski definition) is 3. The number of rotatable bonds is 2. The van der Waals surface area contributed by atoms with Gasteiger partial charge in [0.1, 0.15) is 0 Å². The van der Waals surface area contributed by atoms with E-state index in [4.69, 9.17) is 23.2 Å². The minimum Gasteiger partial charge on any atom is -0.207 e. The molecule has 0 atom stereocenters. The quantitative estimate of drug-likeness (QED) is 0.828. The monoisotopic (exact) mass is 347 g/mol. The molecule has 1 aromatic carbocycles. The van der Waals surface area contributed by atoms with Gasteiger partial charge in [-0.15, -0.1) is 11.3 Å². The molecule has 0 aliphatic carbocycles. The Morgan fingerprint density at radius 2 is 1.95 bits per heavy atom. The molecule has 1 aliphatic rings. The zero-order valence-corrected chi connectivity index (χ0v) is 13.5. The van der Waals surface area contributed by atoms with Crippen LogP contribution in [0.3, 0.4) is 0 Å². The predicted molar refractivity (Wildman–Crippen MR) is 82.1 cm³/mol. The van der Waals surface area contributed by atoms with Gasteiger partial charge in [0, 0.05) is 18.0 Å². The molecule has 3 rings (SSSR count). The van der Waals surface area contributed by atoms with E-state index in [0.717, 1.165) is 12.0 Å². The fourth-order valence-electron chi connectivity index (χ4n) is 2.21. The van der Waals surface area contributed by atoms with Gasteiger partial charge >= 0.3 is 0 Å². The number of benzene rings is 1. The summed E-state index contributed by atoms with van der Waals surface area (Å²) in [6.45, 7) is 0.914. The van der Waals surface area contributed by atoms with Crippen molar-refractivity contribution in [1.29, 1.82) is 0 Å². The highest BCUT2D eigenvalue weighted by Gasteiger charge is 2.29. The molecule has 1 aliphatic heterocycles. The van der Waals surface area contributed by atoms with Crippen LogP contribution in [0.15, 0.2) is 34.5 Å². The van der Waals surface area contributed by atoms with Crippen molar-refractivity contribution >= 4 is 44.6 Å². The fraction of sp³-hybridized carbons (Fsp3) is 0.231. The van der Waals surface area contributed by atoms with Crippen molar-refractivity contribution < 1.29 is 8.42 Å². The smallest absolute Gasteiger partial charge is 0.207 e. The van der Waals surface area contributed by atoms with Crippen molar-refractivity contribution in [2.45, 2.75) is 17.9 Å². The maximum atomic E-state index is 12.6. The van der Waals surface area contributed by atoms with Gasteiger partial charge in [-0.3, -0.25) is 0 Å². The molecule has 0 unspecified atom stereocenters. The van der Waals surface area contributed by atoms with Crippen LogP contribution in [0.25, 0.3) is 0 Å². The number of halogens is 2. The molecule has 0 saturated heterocycles. The summed E-state index contributed by atoms with van der Waals surface area (Å²) in [6, 6.07) is 6.39. The summed E-state index contributed by atoms with van der Waals surface area (Å²) in [5.74, 6) is 0. The first-order valence-corrected chi connectivity index (χ1v) is 9.06. The van der Waals surface area contributed by atoms with Crippen molar-refractivity contribution in [1.82, 2.24) is 4.31 Å². The molecule has 106 valence electrons. The van der Waals surface area contributed by atoms with Gasteiger partial charge in [-0.1, -0.05) is 23.2 Å². The van der Waals surface area contributed by atoms with E-state index < -0.39 is 10.0 Å². The summed E-state index contributed by atoms with van der Waals surface area (Å²) in [5, 5.41) is 2.60. The Kier molecular flexibility index (Phi) is 3.81. The molecular weight excluding hydrogens is 337 g/mol. The molecule has 3 nitrogen and oxygen atoms in total. The van der Waals surface area contributed by atoms with Gasteiger partial charge in [0.15, 0.2) is 0 Å². The van der Waals surface area contributed by atoms with E-state index >= 15 is 0 Å². The number of hydrogen-bond donors (Lipinski definition) is 0. The highest BCUT2D eigenvalue weighted by Crippen LogP contribution is 2.30. The summed E-state index contributed by atoms with van der Waals surface area (Å²) in [4.78, 5) is 1.45. The third-order valence-corrected chi connectivity index (χ3v) is 6.90. The molecule has 0 fully saturated rings. The van der Waals surface area contributed by atoms with Gasteiger partial charge in [-0.2, -0.15) is 4.31 Å². The first-order chi connectivity index (χ1) is 9.48. The third-order valence-electron chi connectivity index (χ3n) is 3.30. The van der Waals surface area contributed by atoms with Gasteiger partial charge in [-0.05, 0) is 41.6 Å². The average Bonchev–Trinajstić information content (AvgIpc) is 2.89. The van der Waals surface area contributed by atoms with E-state index in [1.54, 1.807) is 11.3 Å². The highest BCUT2D eigenvalue weighted by atomic mass is 35.5. The van der Waals surface area contributed by atoms with Gasteiger partial charge in [-0.25, -0.2) is 8.42 Å². The molecule has 1 aromatic heterocycles. The summed E-state index contributed by atoms with van der Waals surface area (Å²) >= 11 is 13.4. The normalized spacial score (nSPS) is 16.1. The summed E-state index contributed by atoms with van der Waals surface area (Å²) in [6.07, 6.45) is 0.757. The molecule has 2 aromatic rings. The minimum atomic E-state index is -3.53. The molecule has 2 heterocycles. The summed E-state index contributed by atoms with van der Waals surface area (Å²) in [5.41, 5.74) is 1.09. The lowest BCUT2D eigenvalue weighted by Gasteiger charge is -2.26. The fourth-order valence-corrected chi connectivity index (χ4v) is 4.91. The number of fused-ring (bicyclic) bond motifs is 1. The van der Waals surface area contributed by atoms with Gasteiger partial charge < -0.3 is 0 Å². The third kappa shape index (κ3) is 2.49. The van der Waals surface area contributed by atoms with Crippen molar-refractivity contribution in [3.8, 4) is 0 Å². The average molecular weight is 348 g/mol. The van der Waals surface area contributed by atoms with E-state index in [1.165, 1.54) is 27.4 Å². The van der Waals surface area contributed by atoms with E-state index in [-0.39, 0.29) is 9.92 Å². The maximum Gasteiger partial charge on any atom is 0.243 e. The number of nitrogens with zero attached hydrogens (tertiary/aromatic N) is 1. The van der Waals surface area contributed by atoms with Crippen LogP contribution in [0.4, 0.5) is 0 Å². The van der Waals surface area contributed by atoms with E-state index in [1.807, 2.05) is 11.4 Å². The molecule has 7 heteroatoms. The van der Waals surface area contributed by atoms with Crippen LogP contribution >= 0.6 is 34.5 Å². The Morgan fingerprint density at radius 1 is 1.15 bits per heavy atom. The number of thiophene rings is 1. The molecular formula is C13H11Cl2NO2S2. The zero-order valence-electron chi connectivity index (χ0n) is 10.3. The number of sulfonamides is 1. The second-order valence-electron chi connectivity index (χ2n) is 4.53. The Morgan fingerprint density at radius 3 is 2.70 bits per heavy atom. The second kappa shape index (κ2) is 5.31. The van der Waals surface area contributed by atoms with Crippen LogP contribution in [0.2, 0.25) is 10.0 Å². The molecule has 0 N–H and O–H groups in total. The lowest BCUT2D eigenvalue weighted by Crippen LogP contribution is -2.35. The molecule has 0 saturated carbocycles. The van der Waals surface area contributed by atoms with Crippen molar-refractivity contribution in [3.63, 3.8) is 0 Å². The van der Waals surface area contributed by atoms with Gasteiger partial charge in [0.05, 0.1) is 14.9 Å². The van der Waals surface area contributed by atoms with E-state index in [2.05, 4.69) is 0 Å². The van der Waals surface area contributed by atoms with Crippen LogP contribution in [-0.2, 0) is 23.0 Å². The Balaban J connectivity index is 1.95. The Hall–Kier alpha value is -0.590. The Bertz CT molecular complexity index is 755. The summed E-state index contributed by atoms with van der Waals surface area (Å²) in [7, 11) is -3.53. The van der Waals surface area contributed by atoms with Crippen LogP contribution < -0.4 is 0 Å². The van der Waals surface area contributed by atoms with Crippen molar-refractivity contribution in [2.24, 2.45) is 0 Å². The lowest BCUT2D eigenvalue weighted by molar-refractivity contribution is 0.394. The lowest BCUT2D eigenvalue weighted by atomic mass is 10.1. The molecule has 20 heavy (non-hydrogen) atoms. The SMILES string of the molecule is O=S(=O)(c1ccc(Cl)c(Cl)c1)N1CCc2sccc2C1. The minimum absolute atomic E-state index is 0.186. The van der Waals surface area contributed by atoms with Gasteiger partial charge in [0.2, 0.25) is 10.0 Å². The Labute approximate surface area is 131 Å². The first kappa shape index (κ1) is 14.4. The van der Waals surface area contributed by atoms with Gasteiger partial charge in [0.25, 0.3) is 0 Å². The molecule has 0 bridgehead atoms. The molecule has 0 spiro atoms. The maximum absolute atomic E-state index is 12.6. The van der Waals surface area contributed by atoms with Crippen LogP contribution in [0.5, 0.6) is 0 Å². The van der Waals surface area contributed by atoms with Crippen LogP contribution in [0, 0.1) is 0 Å². The van der Waals surface area contributed by atoms with Crippen LogP contribution in [-0.4, -0.2) is 19.3 Å². The second-order valence-corrected chi connectivity index (χ2v) is 8.29. The zero-order chi connectivity index (χ0) is 14.3. The highest BCUT2D eigenvalue weighted by molar-refractivity contribution is 7.89. The van der Waals surface area contributed by atoms with Crippen LogP contribution in [0.1, 0.15) is 10.4 Å². The predicted octanol–water partition coefficient (Wildman–Crippen LogP) is 3.80. The van der Waals surface area contributed by atoms with Crippen molar-refractivity contribution in [2.75, 3.05) is 6.54 Å². The molecule has 0 radical (unpaired) electrons. The molecule has 0 amide bonds. The summed E-state index contributed by atoms with van der Waals surface area (Å²) < 4.78 is 26.7. The van der Waals surface area contributed by atoms with E-state index in [0.29, 0.717) is 18.1 Å². The largest absolute Gasteiger partial charge is 0.243 e. The van der Waals surface area contributed by atoms with E-state index in [9.17, 15) is 8.42 Å². The first-order valence-electron chi connectivity index (χ1n) is 5.99. The van der Waals surface area contributed by atoms with Crippen molar-refractivity contribution in [3.05, 3.63) is 50.1 Å².